The Morgan fingerprint density at radius 1 is 1.05 bits per heavy atom. The van der Waals surface area contributed by atoms with Gasteiger partial charge in [-0.05, 0) is 30.7 Å². The molecule has 0 aliphatic heterocycles. The standard InChI is InChI=1S/C16H17N3O2/c1-10-5-4-6-11(7-10)21-15-9-14-13(8-12(15)17)18(2)16(20)19(14)3/h4-9H,17H2,1-3H3. The highest BCUT2D eigenvalue weighted by Gasteiger charge is 2.12. The van der Waals surface area contributed by atoms with Crippen molar-refractivity contribution >= 4 is 16.7 Å². The summed E-state index contributed by atoms with van der Waals surface area (Å²) in [5.41, 5.74) is 9.16. The second-order valence-corrected chi connectivity index (χ2v) is 5.20. The summed E-state index contributed by atoms with van der Waals surface area (Å²) < 4.78 is 9.01. The summed E-state index contributed by atoms with van der Waals surface area (Å²) in [5, 5.41) is 0. The molecule has 1 aromatic heterocycles. The van der Waals surface area contributed by atoms with E-state index in [4.69, 9.17) is 10.5 Å². The summed E-state index contributed by atoms with van der Waals surface area (Å²) in [4.78, 5) is 12.0. The third-order valence-corrected chi connectivity index (χ3v) is 3.62. The molecule has 1 heterocycles. The first kappa shape index (κ1) is 13.3. The number of hydrogen-bond donors (Lipinski definition) is 1. The van der Waals surface area contributed by atoms with Crippen molar-refractivity contribution in [3.63, 3.8) is 0 Å². The molecule has 0 radical (unpaired) electrons. The van der Waals surface area contributed by atoms with Crippen LogP contribution in [-0.4, -0.2) is 9.13 Å². The fraction of sp³-hybridized carbons (Fsp3) is 0.188. The maximum atomic E-state index is 12.0. The maximum Gasteiger partial charge on any atom is 0.328 e. The number of aryl methyl sites for hydroxylation is 3. The van der Waals surface area contributed by atoms with E-state index in [0.29, 0.717) is 11.4 Å². The SMILES string of the molecule is Cc1cccc(Oc2cc3c(cc2N)n(C)c(=O)n3C)c1. The van der Waals surface area contributed by atoms with Crippen molar-refractivity contribution in [2.45, 2.75) is 6.92 Å². The quantitative estimate of drug-likeness (QED) is 0.735. The van der Waals surface area contributed by atoms with Crippen LogP contribution in [0.15, 0.2) is 41.2 Å². The third kappa shape index (κ3) is 2.16. The number of hydrogen-bond acceptors (Lipinski definition) is 3. The molecule has 0 fully saturated rings. The first-order chi connectivity index (χ1) is 9.97. The van der Waals surface area contributed by atoms with Gasteiger partial charge in [-0.25, -0.2) is 4.79 Å². The lowest BCUT2D eigenvalue weighted by atomic mass is 10.2. The summed E-state index contributed by atoms with van der Waals surface area (Å²) in [6, 6.07) is 11.3. The van der Waals surface area contributed by atoms with Crippen LogP contribution in [0.5, 0.6) is 11.5 Å². The van der Waals surface area contributed by atoms with Gasteiger partial charge in [-0.15, -0.1) is 0 Å². The molecule has 0 amide bonds. The number of aromatic nitrogens is 2. The van der Waals surface area contributed by atoms with Crippen LogP contribution in [0, 0.1) is 6.92 Å². The van der Waals surface area contributed by atoms with Gasteiger partial charge in [-0.2, -0.15) is 0 Å². The number of rotatable bonds is 2. The lowest BCUT2D eigenvalue weighted by molar-refractivity contribution is 0.485. The van der Waals surface area contributed by atoms with Crippen LogP contribution in [0.25, 0.3) is 11.0 Å². The predicted octanol–water partition coefficient (Wildman–Crippen LogP) is 2.56. The van der Waals surface area contributed by atoms with Crippen molar-refractivity contribution in [3.8, 4) is 11.5 Å². The second kappa shape index (κ2) is 4.70. The summed E-state index contributed by atoms with van der Waals surface area (Å²) in [5.74, 6) is 1.27. The van der Waals surface area contributed by atoms with E-state index in [1.807, 2.05) is 31.2 Å². The molecule has 21 heavy (non-hydrogen) atoms. The van der Waals surface area contributed by atoms with E-state index in [2.05, 4.69) is 0 Å². The number of anilines is 1. The zero-order chi connectivity index (χ0) is 15.1. The second-order valence-electron chi connectivity index (χ2n) is 5.20. The molecule has 0 saturated carbocycles. The van der Waals surface area contributed by atoms with Crippen LogP contribution in [0.1, 0.15) is 5.56 Å². The van der Waals surface area contributed by atoms with Gasteiger partial charge < -0.3 is 10.5 Å². The smallest absolute Gasteiger partial charge is 0.328 e. The number of nitrogens with zero attached hydrogens (tertiary/aromatic N) is 2. The van der Waals surface area contributed by atoms with Crippen molar-refractivity contribution in [2.24, 2.45) is 14.1 Å². The summed E-state index contributed by atoms with van der Waals surface area (Å²) in [6.07, 6.45) is 0. The minimum Gasteiger partial charge on any atom is -0.455 e. The molecule has 0 bridgehead atoms. The molecule has 0 aliphatic carbocycles. The van der Waals surface area contributed by atoms with Crippen molar-refractivity contribution in [3.05, 3.63) is 52.4 Å². The van der Waals surface area contributed by atoms with Gasteiger partial charge in [0.1, 0.15) is 5.75 Å². The van der Waals surface area contributed by atoms with Gasteiger partial charge in [0.25, 0.3) is 0 Å². The van der Waals surface area contributed by atoms with Crippen molar-refractivity contribution < 1.29 is 4.74 Å². The van der Waals surface area contributed by atoms with Crippen LogP contribution in [0.2, 0.25) is 0 Å². The highest BCUT2D eigenvalue weighted by molar-refractivity contribution is 5.83. The lowest BCUT2D eigenvalue weighted by Crippen LogP contribution is -2.19. The van der Waals surface area contributed by atoms with E-state index in [1.54, 1.807) is 35.4 Å². The molecule has 3 aromatic rings. The maximum absolute atomic E-state index is 12.0. The molecule has 5 nitrogen and oxygen atoms in total. The minimum atomic E-state index is -0.0860. The molecule has 0 aliphatic rings. The zero-order valence-electron chi connectivity index (χ0n) is 12.3. The van der Waals surface area contributed by atoms with Gasteiger partial charge >= 0.3 is 5.69 Å². The monoisotopic (exact) mass is 283 g/mol. The predicted molar refractivity (Wildman–Crippen MR) is 83.8 cm³/mol. The summed E-state index contributed by atoms with van der Waals surface area (Å²) in [6.45, 7) is 2.00. The number of ether oxygens (including phenoxy) is 1. The largest absolute Gasteiger partial charge is 0.455 e. The van der Waals surface area contributed by atoms with Crippen LogP contribution in [0.4, 0.5) is 5.69 Å². The van der Waals surface area contributed by atoms with E-state index in [1.165, 1.54) is 0 Å². The summed E-state index contributed by atoms with van der Waals surface area (Å²) in [7, 11) is 3.46. The minimum absolute atomic E-state index is 0.0860. The summed E-state index contributed by atoms with van der Waals surface area (Å²) >= 11 is 0. The van der Waals surface area contributed by atoms with Crippen LogP contribution in [0.3, 0.4) is 0 Å². The first-order valence-corrected chi connectivity index (χ1v) is 6.67. The van der Waals surface area contributed by atoms with Gasteiger partial charge in [0.2, 0.25) is 0 Å². The lowest BCUT2D eigenvalue weighted by Gasteiger charge is -2.10. The Kier molecular flexibility index (Phi) is 2.97. The molecule has 3 rings (SSSR count). The van der Waals surface area contributed by atoms with Gasteiger partial charge in [0.05, 0.1) is 16.7 Å². The normalized spacial score (nSPS) is 11.0. The number of nitrogen functional groups attached to an aromatic ring is 1. The number of benzene rings is 2. The van der Waals surface area contributed by atoms with Gasteiger partial charge in [0, 0.05) is 20.2 Å². The van der Waals surface area contributed by atoms with Gasteiger partial charge in [-0.1, -0.05) is 12.1 Å². The Morgan fingerprint density at radius 2 is 1.71 bits per heavy atom. The molecule has 0 spiro atoms. The zero-order valence-corrected chi connectivity index (χ0v) is 12.3. The number of imidazole rings is 1. The van der Waals surface area contributed by atoms with E-state index in [0.717, 1.165) is 22.3 Å². The average molecular weight is 283 g/mol. The van der Waals surface area contributed by atoms with E-state index in [-0.39, 0.29) is 5.69 Å². The Morgan fingerprint density at radius 3 is 2.38 bits per heavy atom. The Bertz CT molecular complexity index is 890. The molecule has 0 saturated heterocycles. The van der Waals surface area contributed by atoms with E-state index in [9.17, 15) is 4.79 Å². The highest BCUT2D eigenvalue weighted by atomic mass is 16.5. The molecule has 0 atom stereocenters. The molecule has 108 valence electrons. The molecule has 2 N–H and O–H groups in total. The van der Waals surface area contributed by atoms with Crippen LogP contribution >= 0.6 is 0 Å². The van der Waals surface area contributed by atoms with Gasteiger partial charge in [0.15, 0.2) is 5.75 Å². The molecule has 0 unspecified atom stereocenters. The number of nitrogens with two attached hydrogens (primary N) is 1. The van der Waals surface area contributed by atoms with Crippen LogP contribution < -0.4 is 16.2 Å². The van der Waals surface area contributed by atoms with Crippen molar-refractivity contribution in [2.75, 3.05) is 5.73 Å². The number of fused-ring (bicyclic) bond motifs is 1. The fourth-order valence-electron chi connectivity index (χ4n) is 2.44. The third-order valence-electron chi connectivity index (χ3n) is 3.62. The molecule has 2 aromatic carbocycles. The van der Waals surface area contributed by atoms with E-state index < -0.39 is 0 Å². The fourth-order valence-corrected chi connectivity index (χ4v) is 2.44. The molecule has 5 heteroatoms. The topological polar surface area (TPSA) is 62.2 Å². The van der Waals surface area contributed by atoms with Gasteiger partial charge in [-0.3, -0.25) is 9.13 Å². The first-order valence-electron chi connectivity index (χ1n) is 6.67. The Labute approximate surface area is 122 Å². The highest BCUT2D eigenvalue weighted by Crippen LogP contribution is 2.31. The Hall–Kier alpha value is -2.69. The Balaban J connectivity index is 2.13. The van der Waals surface area contributed by atoms with E-state index >= 15 is 0 Å². The van der Waals surface area contributed by atoms with Crippen molar-refractivity contribution in [1.82, 2.24) is 9.13 Å². The average Bonchev–Trinajstić information content (AvgIpc) is 2.65. The van der Waals surface area contributed by atoms with Crippen LogP contribution in [-0.2, 0) is 14.1 Å². The van der Waals surface area contributed by atoms with Crippen molar-refractivity contribution in [1.29, 1.82) is 0 Å². The molecular weight excluding hydrogens is 266 g/mol. The molecular formula is C16H17N3O2.